The summed E-state index contributed by atoms with van der Waals surface area (Å²) in [6.07, 6.45) is -0.191. The number of benzene rings is 1. The molecule has 0 aliphatic rings. The number of aliphatic hydroxyl groups is 1. The van der Waals surface area contributed by atoms with Crippen LogP contribution in [0.5, 0.6) is 5.75 Å². The average molecular weight is 216 g/mol. The summed E-state index contributed by atoms with van der Waals surface area (Å²) in [6.45, 7) is 0.412. The summed E-state index contributed by atoms with van der Waals surface area (Å²) in [6, 6.07) is 5.26. The van der Waals surface area contributed by atoms with E-state index in [1.165, 1.54) is 0 Å². The molecule has 0 aromatic heterocycles. The molecular weight excluding hydrogens is 202 g/mol. The minimum absolute atomic E-state index is 0.412. The summed E-state index contributed by atoms with van der Waals surface area (Å²) in [5, 5.41) is 10.3. The zero-order valence-corrected chi connectivity index (χ0v) is 8.79. The second-order valence-corrected chi connectivity index (χ2v) is 3.36. The van der Waals surface area contributed by atoms with Gasteiger partial charge < -0.3 is 15.6 Å². The molecular formula is C10H14ClNO2. The molecule has 0 heterocycles. The third-order valence-corrected chi connectivity index (χ3v) is 2.34. The lowest BCUT2D eigenvalue weighted by Gasteiger charge is -2.15. The van der Waals surface area contributed by atoms with Gasteiger partial charge in [-0.05, 0) is 25.1 Å². The van der Waals surface area contributed by atoms with Gasteiger partial charge >= 0.3 is 0 Å². The van der Waals surface area contributed by atoms with Crippen molar-refractivity contribution in [3.05, 3.63) is 28.8 Å². The Balaban J connectivity index is 3.03. The lowest BCUT2D eigenvalue weighted by molar-refractivity contribution is 0.166. The molecule has 1 unspecified atom stereocenters. The highest BCUT2D eigenvalue weighted by molar-refractivity contribution is 6.31. The Morgan fingerprint density at radius 3 is 2.86 bits per heavy atom. The Morgan fingerprint density at radius 2 is 2.29 bits per heavy atom. The van der Waals surface area contributed by atoms with Crippen molar-refractivity contribution in [2.24, 2.45) is 5.73 Å². The van der Waals surface area contributed by atoms with Crippen molar-refractivity contribution in [2.45, 2.75) is 12.5 Å². The number of hydrogen-bond donors (Lipinski definition) is 2. The Labute approximate surface area is 88.4 Å². The number of hydrogen-bond acceptors (Lipinski definition) is 3. The van der Waals surface area contributed by atoms with Crippen LogP contribution in [0, 0.1) is 0 Å². The summed E-state index contributed by atoms with van der Waals surface area (Å²) >= 11 is 5.96. The Bertz CT molecular complexity index is 304. The Kier molecular flexibility index (Phi) is 4.20. The molecule has 0 bridgehead atoms. The highest BCUT2D eigenvalue weighted by Gasteiger charge is 2.15. The van der Waals surface area contributed by atoms with Crippen LogP contribution in [0.4, 0.5) is 0 Å². The molecule has 0 radical (unpaired) electrons. The quantitative estimate of drug-likeness (QED) is 0.805. The lowest BCUT2D eigenvalue weighted by Crippen LogP contribution is -2.08. The van der Waals surface area contributed by atoms with Gasteiger partial charge in [0.15, 0.2) is 0 Å². The van der Waals surface area contributed by atoms with Gasteiger partial charge in [0.25, 0.3) is 0 Å². The van der Waals surface area contributed by atoms with E-state index in [0.29, 0.717) is 29.3 Å². The largest absolute Gasteiger partial charge is 0.496 e. The van der Waals surface area contributed by atoms with Gasteiger partial charge in [-0.2, -0.15) is 0 Å². The van der Waals surface area contributed by atoms with Crippen LogP contribution in [-0.4, -0.2) is 18.8 Å². The molecule has 0 aliphatic carbocycles. The number of aliphatic hydroxyl groups excluding tert-OH is 1. The highest BCUT2D eigenvalue weighted by Crippen LogP contribution is 2.33. The van der Waals surface area contributed by atoms with Gasteiger partial charge in [-0.25, -0.2) is 0 Å². The van der Waals surface area contributed by atoms with E-state index >= 15 is 0 Å². The molecule has 0 spiro atoms. The number of nitrogens with two attached hydrogens (primary N) is 1. The van der Waals surface area contributed by atoms with E-state index in [1.807, 2.05) is 0 Å². The molecule has 14 heavy (non-hydrogen) atoms. The standard InChI is InChI=1S/C10H14ClNO2/c1-14-9-4-2-3-7(11)10(9)8(13)5-6-12/h2-4,8,13H,5-6,12H2,1H3. The normalized spacial score (nSPS) is 12.6. The monoisotopic (exact) mass is 215 g/mol. The Hall–Kier alpha value is -0.770. The minimum Gasteiger partial charge on any atom is -0.496 e. The van der Waals surface area contributed by atoms with Crippen molar-refractivity contribution in [3.8, 4) is 5.75 Å². The summed E-state index contributed by atoms with van der Waals surface area (Å²) in [7, 11) is 1.55. The van der Waals surface area contributed by atoms with Crippen LogP contribution in [0.1, 0.15) is 18.1 Å². The first-order chi connectivity index (χ1) is 6.70. The van der Waals surface area contributed by atoms with E-state index in [-0.39, 0.29) is 0 Å². The average Bonchev–Trinajstić information content (AvgIpc) is 2.17. The fourth-order valence-electron chi connectivity index (χ4n) is 1.32. The summed E-state index contributed by atoms with van der Waals surface area (Å²) in [5.74, 6) is 0.596. The number of rotatable bonds is 4. The topological polar surface area (TPSA) is 55.5 Å². The van der Waals surface area contributed by atoms with Crippen LogP contribution in [0.25, 0.3) is 0 Å². The molecule has 3 nitrogen and oxygen atoms in total. The summed E-state index contributed by atoms with van der Waals surface area (Å²) in [4.78, 5) is 0. The predicted molar refractivity (Wildman–Crippen MR) is 56.6 cm³/mol. The first-order valence-electron chi connectivity index (χ1n) is 4.41. The van der Waals surface area contributed by atoms with Crippen molar-refractivity contribution in [1.29, 1.82) is 0 Å². The Morgan fingerprint density at radius 1 is 1.57 bits per heavy atom. The van der Waals surface area contributed by atoms with Crippen LogP contribution < -0.4 is 10.5 Å². The van der Waals surface area contributed by atoms with Crippen LogP contribution in [-0.2, 0) is 0 Å². The second kappa shape index (κ2) is 5.20. The zero-order chi connectivity index (χ0) is 10.6. The first-order valence-corrected chi connectivity index (χ1v) is 4.79. The third kappa shape index (κ3) is 2.38. The maximum Gasteiger partial charge on any atom is 0.126 e. The van der Waals surface area contributed by atoms with Gasteiger partial charge in [0.05, 0.1) is 18.2 Å². The molecule has 0 saturated heterocycles. The third-order valence-electron chi connectivity index (χ3n) is 2.01. The molecule has 1 atom stereocenters. The van der Waals surface area contributed by atoms with Gasteiger partial charge in [-0.1, -0.05) is 17.7 Å². The van der Waals surface area contributed by atoms with Gasteiger partial charge in [-0.3, -0.25) is 0 Å². The van der Waals surface area contributed by atoms with Crippen molar-refractivity contribution in [1.82, 2.24) is 0 Å². The summed E-state index contributed by atoms with van der Waals surface area (Å²) in [5.41, 5.74) is 5.98. The molecule has 78 valence electrons. The predicted octanol–water partition coefficient (Wildman–Crippen LogP) is 1.73. The van der Waals surface area contributed by atoms with Crippen LogP contribution in [0.15, 0.2) is 18.2 Å². The van der Waals surface area contributed by atoms with Gasteiger partial charge in [-0.15, -0.1) is 0 Å². The fourth-order valence-corrected chi connectivity index (χ4v) is 1.61. The fraction of sp³-hybridized carbons (Fsp3) is 0.400. The minimum atomic E-state index is -0.663. The first kappa shape index (κ1) is 11.3. The van der Waals surface area contributed by atoms with Crippen molar-refractivity contribution < 1.29 is 9.84 Å². The number of ether oxygens (including phenoxy) is 1. The zero-order valence-electron chi connectivity index (χ0n) is 8.03. The molecule has 0 amide bonds. The van der Waals surface area contributed by atoms with Crippen LogP contribution >= 0.6 is 11.6 Å². The van der Waals surface area contributed by atoms with E-state index in [9.17, 15) is 5.11 Å². The molecule has 3 N–H and O–H groups in total. The smallest absolute Gasteiger partial charge is 0.126 e. The molecule has 0 saturated carbocycles. The van der Waals surface area contributed by atoms with Crippen molar-refractivity contribution in [2.75, 3.05) is 13.7 Å². The van der Waals surface area contributed by atoms with Gasteiger partial charge in [0.1, 0.15) is 5.75 Å². The van der Waals surface area contributed by atoms with Crippen molar-refractivity contribution >= 4 is 11.6 Å². The molecule has 1 rings (SSSR count). The second-order valence-electron chi connectivity index (χ2n) is 2.95. The number of methoxy groups -OCH3 is 1. The van der Waals surface area contributed by atoms with Crippen LogP contribution in [0.2, 0.25) is 5.02 Å². The van der Waals surface area contributed by atoms with E-state index in [0.717, 1.165) is 0 Å². The molecule has 1 aromatic rings. The van der Waals surface area contributed by atoms with Crippen LogP contribution in [0.3, 0.4) is 0 Å². The van der Waals surface area contributed by atoms with E-state index in [4.69, 9.17) is 22.1 Å². The molecule has 1 aromatic carbocycles. The van der Waals surface area contributed by atoms with E-state index in [2.05, 4.69) is 0 Å². The maximum absolute atomic E-state index is 9.77. The van der Waals surface area contributed by atoms with Crippen molar-refractivity contribution in [3.63, 3.8) is 0 Å². The SMILES string of the molecule is COc1cccc(Cl)c1C(O)CCN. The maximum atomic E-state index is 9.77. The van der Waals surface area contributed by atoms with Gasteiger partial charge in [0.2, 0.25) is 0 Å². The number of halogens is 1. The van der Waals surface area contributed by atoms with Gasteiger partial charge in [0, 0.05) is 5.56 Å². The van der Waals surface area contributed by atoms with E-state index < -0.39 is 6.10 Å². The summed E-state index contributed by atoms with van der Waals surface area (Å²) < 4.78 is 5.11. The lowest BCUT2D eigenvalue weighted by atomic mass is 10.1. The molecule has 4 heteroatoms. The molecule has 0 aliphatic heterocycles. The van der Waals surface area contributed by atoms with E-state index in [1.54, 1.807) is 25.3 Å². The highest BCUT2D eigenvalue weighted by atomic mass is 35.5. The molecule has 0 fully saturated rings.